The van der Waals surface area contributed by atoms with Crippen LogP contribution in [0.4, 0.5) is 4.79 Å². The van der Waals surface area contributed by atoms with Crippen molar-refractivity contribution in [3.8, 4) is 0 Å². The zero-order valence-electron chi connectivity index (χ0n) is 11.2. The van der Waals surface area contributed by atoms with Gasteiger partial charge in [-0.05, 0) is 27.2 Å². The highest BCUT2D eigenvalue weighted by molar-refractivity contribution is 7.09. The van der Waals surface area contributed by atoms with Crippen LogP contribution >= 0.6 is 11.3 Å². The average Bonchev–Trinajstić information content (AvgIpc) is 2.71. The summed E-state index contributed by atoms with van der Waals surface area (Å²) in [6.07, 6.45) is 0.265. The van der Waals surface area contributed by atoms with E-state index in [1.807, 2.05) is 33.1 Å². The normalized spacial score (nSPS) is 13.2. The summed E-state index contributed by atoms with van der Waals surface area (Å²) in [7, 11) is 0. The topological polar surface area (TPSA) is 71.5 Å². The van der Waals surface area contributed by atoms with Crippen LogP contribution < -0.4 is 5.32 Å². The third kappa shape index (κ3) is 4.62. The molecule has 5 nitrogen and oxygen atoms in total. The Bertz CT molecular complexity index is 398. The summed E-state index contributed by atoms with van der Waals surface area (Å²) in [5.41, 5.74) is 0.248. The number of carbonyl (C=O) groups excluding carboxylic acids is 1. The van der Waals surface area contributed by atoms with Crippen LogP contribution in [-0.2, 0) is 11.3 Å². The van der Waals surface area contributed by atoms with E-state index in [2.05, 4.69) is 10.3 Å². The molecule has 0 fully saturated rings. The number of carbonyl (C=O) groups is 1. The molecule has 18 heavy (non-hydrogen) atoms. The largest absolute Gasteiger partial charge is 0.444 e. The Morgan fingerprint density at radius 3 is 2.72 bits per heavy atom. The van der Waals surface area contributed by atoms with Gasteiger partial charge in [-0.3, -0.25) is 0 Å². The van der Waals surface area contributed by atoms with Gasteiger partial charge in [0.2, 0.25) is 0 Å². The molecule has 0 aliphatic heterocycles. The number of rotatable bonds is 4. The third-order valence-electron chi connectivity index (χ3n) is 2.16. The van der Waals surface area contributed by atoms with E-state index in [1.54, 1.807) is 0 Å². The fourth-order valence-electron chi connectivity index (χ4n) is 1.39. The Morgan fingerprint density at radius 2 is 2.28 bits per heavy atom. The fourth-order valence-corrected chi connectivity index (χ4v) is 2.10. The Kier molecular flexibility index (Phi) is 5.10. The van der Waals surface area contributed by atoms with Crippen molar-refractivity contribution in [2.24, 2.45) is 0 Å². The van der Waals surface area contributed by atoms with Crippen molar-refractivity contribution < 1.29 is 14.6 Å². The maximum atomic E-state index is 11.7. The summed E-state index contributed by atoms with van der Waals surface area (Å²) in [6, 6.07) is -0.184. The molecule has 0 saturated heterocycles. The van der Waals surface area contributed by atoms with Gasteiger partial charge < -0.3 is 15.2 Å². The summed E-state index contributed by atoms with van der Waals surface area (Å²) in [4.78, 5) is 15.9. The molecule has 0 spiro atoms. The van der Waals surface area contributed by atoms with Crippen LogP contribution in [0.3, 0.4) is 0 Å². The lowest BCUT2D eigenvalue weighted by Gasteiger charge is -2.22. The van der Waals surface area contributed by atoms with Crippen LogP contribution in [0.15, 0.2) is 5.38 Å². The minimum atomic E-state index is -0.513. The van der Waals surface area contributed by atoms with Crippen LogP contribution in [0, 0.1) is 0 Å². The van der Waals surface area contributed by atoms with Crippen molar-refractivity contribution in [3.63, 3.8) is 0 Å². The van der Waals surface area contributed by atoms with Gasteiger partial charge in [0.15, 0.2) is 0 Å². The van der Waals surface area contributed by atoms with E-state index in [0.717, 1.165) is 5.69 Å². The first-order valence-electron chi connectivity index (χ1n) is 5.90. The van der Waals surface area contributed by atoms with E-state index < -0.39 is 11.7 Å². The first-order chi connectivity index (χ1) is 8.35. The maximum Gasteiger partial charge on any atom is 0.408 e. The highest BCUT2D eigenvalue weighted by atomic mass is 32.1. The molecule has 0 aromatic carbocycles. The predicted molar refractivity (Wildman–Crippen MR) is 70.4 cm³/mol. The Morgan fingerprint density at radius 1 is 1.61 bits per heavy atom. The number of aliphatic hydroxyl groups excluding tert-OH is 1. The second-order valence-corrected chi connectivity index (χ2v) is 5.87. The van der Waals surface area contributed by atoms with Crippen molar-refractivity contribution in [2.75, 3.05) is 0 Å². The number of hydrogen-bond acceptors (Lipinski definition) is 5. The molecule has 0 aliphatic carbocycles. The highest BCUT2D eigenvalue weighted by Gasteiger charge is 2.20. The Hall–Kier alpha value is -1.14. The fraction of sp³-hybridized carbons (Fsp3) is 0.667. The predicted octanol–water partition coefficient (Wildman–Crippen LogP) is 2.61. The molecular weight excluding hydrogens is 252 g/mol. The van der Waals surface area contributed by atoms with Crippen LogP contribution in [-0.4, -0.2) is 21.8 Å². The van der Waals surface area contributed by atoms with Gasteiger partial charge in [-0.25, -0.2) is 9.78 Å². The van der Waals surface area contributed by atoms with Gasteiger partial charge in [-0.1, -0.05) is 6.92 Å². The Labute approximate surface area is 111 Å². The molecule has 0 radical (unpaired) electrons. The summed E-state index contributed by atoms with van der Waals surface area (Å²) >= 11 is 1.38. The van der Waals surface area contributed by atoms with Crippen LogP contribution in [0.5, 0.6) is 0 Å². The molecule has 1 unspecified atom stereocenters. The molecule has 1 aromatic rings. The number of nitrogens with zero attached hydrogens (tertiary/aromatic N) is 1. The van der Waals surface area contributed by atoms with Gasteiger partial charge >= 0.3 is 6.09 Å². The number of nitrogens with one attached hydrogen (secondary N) is 1. The smallest absolute Gasteiger partial charge is 0.408 e. The zero-order valence-corrected chi connectivity index (χ0v) is 12.0. The maximum absolute atomic E-state index is 11.7. The van der Waals surface area contributed by atoms with Crippen LogP contribution in [0.2, 0.25) is 0 Å². The van der Waals surface area contributed by atoms with E-state index in [0.29, 0.717) is 11.4 Å². The van der Waals surface area contributed by atoms with E-state index in [9.17, 15) is 4.79 Å². The summed E-state index contributed by atoms with van der Waals surface area (Å²) < 4.78 is 5.20. The van der Waals surface area contributed by atoms with Crippen LogP contribution in [0.1, 0.15) is 50.9 Å². The summed E-state index contributed by atoms with van der Waals surface area (Å²) in [5.74, 6) is 0. The minimum absolute atomic E-state index is 0.0759. The number of aromatic nitrogens is 1. The molecule has 0 bridgehead atoms. The molecule has 6 heteroatoms. The summed E-state index contributed by atoms with van der Waals surface area (Å²) in [6.45, 7) is 7.34. The van der Waals surface area contributed by atoms with Crippen molar-refractivity contribution in [1.29, 1.82) is 0 Å². The lowest BCUT2D eigenvalue weighted by molar-refractivity contribution is 0.0501. The highest BCUT2D eigenvalue weighted by Crippen LogP contribution is 2.20. The van der Waals surface area contributed by atoms with E-state index >= 15 is 0 Å². The van der Waals surface area contributed by atoms with Gasteiger partial charge in [0, 0.05) is 5.38 Å². The first-order valence-corrected chi connectivity index (χ1v) is 6.78. The second kappa shape index (κ2) is 6.15. The molecule has 0 saturated carbocycles. The molecule has 102 valence electrons. The third-order valence-corrected chi connectivity index (χ3v) is 3.01. The van der Waals surface area contributed by atoms with Gasteiger partial charge in [-0.2, -0.15) is 0 Å². The Balaban J connectivity index is 2.64. The molecule has 1 amide bonds. The monoisotopic (exact) mass is 272 g/mol. The van der Waals surface area contributed by atoms with Crippen molar-refractivity contribution >= 4 is 17.4 Å². The lowest BCUT2D eigenvalue weighted by atomic mass is 10.2. The van der Waals surface area contributed by atoms with Crippen molar-refractivity contribution in [1.82, 2.24) is 10.3 Å². The molecule has 1 aromatic heterocycles. The molecular formula is C12H20N2O3S. The number of ether oxygens (including phenoxy) is 1. The zero-order chi connectivity index (χ0) is 13.8. The standard InChI is InChI=1S/C12H20N2O3S/c1-5-8(9-7-18-10(6-15)13-9)14-11(16)17-12(2,3)4/h7-8,15H,5-6H2,1-4H3,(H,14,16). The SMILES string of the molecule is CCC(NC(=O)OC(C)(C)C)c1csc(CO)n1. The molecule has 0 aliphatic rings. The molecule has 1 rings (SSSR count). The number of alkyl carbamates (subject to hydrolysis) is 1. The minimum Gasteiger partial charge on any atom is -0.444 e. The van der Waals surface area contributed by atoms with Crippen LogP contribution in [0.25, 0.3) is 0 Å². The molecule has 1 atom stereocenters. The van der Waals surface area contributed by atoms with Crippen molar-refractivity contribution in [2.45, 2.75) is 52.4 Å². The van der Waals surface area contributed by atoms with Gasteiger partial charge in [0.05, 0.1) is 18.3 Å². The number of aliphatic hydroxyl groups is 1. The van der Waals surface area contributed by atoms with E-state index in [-0.39, 0.29) is 12.6 Å². The quantitative estimate of drug-likeness (QED) is 0.883. The van der Waals surface area contributed by atoms with Gasteiger partial charge in [0.25, 0.3) is 0 Å². The van der Waals surface area contributed by atoms with Gasteiger partial charge in [-0.15, -0.1) is 11.3 Å². The number of hydrogen-bond donors (Lipinski definition) is 2. The van der Waals surface area contributed by atoms with Crippen molar-refractivity contribution in [3.05, 3.63) is 16.1 Å². The average molecular weight is 272 g/mol. The molecule has 2 N–H and O–H groups in total. The first kappa shape index (κ1) is 14.9. The molecule has 1 heterocycles. The summed E-state index contributed by atoms with van der Waals surface area (Å²) in [5, 5.41) is 14.2. The van der Waals surface area contributed by atoms with E-state index in [1.165, 1.54) is 11.3 Å². The number of amides is 1. The van der Waals surface area contributed by atoms with E-state index in [4.69, 9.17) is 9.84 Å². The number of thiazole rings is 1. The lowest BCUT2D eigenvalue weighted by Crippen LogP contribution is -2.34. The second-order valence-electron chi connectivity index (χ2n) is 4.93. The van der Waals surface area contributed by atoms with Gasteiger partial charge in [0.1, 0.15) is 10.6 Å².